The standard InChI is InChI=1S/C16H17ClN2O3/c1-21-14-9-15(22-2)13(8-12(14)17)19-16(20)10-18-11-6-4-3-5-7-11/h3-9,18H,10H2,1-2H3,(H,19,20). The van der Waals surface area contributed by atoms with Crippen molar-refractivity contribution >= 4 is 28.9 Å². The quantitative estimate of drug-likeness (QED) is 0.856. The van der Waals surface area contributed by atoms with Crippen molar-refractivity contribution in [3.63, 3.8) is 0 Å². The van der Waals surface area contributed by atoms with Crippen molar-refractivity contribution in [3.8, 4) is 11.5 Å². The van der Waals surface area contributed by atoms with Crippen molar-refractivity contribution in [2.45, 2.75) is 0 Å². The van der Waals surface area contributed by atoms with E-state index in [0.29, 0.717) is 22.2 Å². The molecule has 0 bridgehead atoms. The van der Waals surface area contributed by atoms with Crippen molar-refractivity contribution in [1.29, 1.82) is 0 Å². The topological polar surface area (TPSA) is 59.6 Å². The van der Waals surface area contributed by atoms with Gasteiger partial charge in [-0.15, -0.1) is 0 Å². The molecule has 0 aliphatic rings. The lowest BCUT2D eigenvalue weighted by Crippen LogP contribution is -2.22. The van der Waals surface area contributed by atoms with Crippen LogP contribution < -0.4 is 20.1 Å². The summed E-state index contributed by atoms with van der Waals surface area (Å²) in [5.41, 5.74) is 1.37. The van der Waals surface area contributed by atoms with E-state index >= 15 is 0 Å². The molecule has 2 rings (SSSR count). The number of ether oxygens (including phenoxy) is 2. The summed E-state index contributed by atoms with van der Waals surface area (Å²) in [7, 11) is 3.03. The van der Waals surface area contributed by atoms with Gasteiger partial charge in [0, 0.05) is 11.8 Å². The minimum absolute atomic E-state index is 0.136. The Labute approximate surface area is 134 Å². The summed E-state index contributed by atoms with van der Waals surface area (Å²) >= 11 is 6.07. The molecule has 0 spiro atoms. The zero-order chi connectivity index (χ0) is 15.9. The molecule has 0 aliphatic carbocycles. The highest BCUT2D eigenvalue weighted by Crippen LogP contribution is 2.35. The Morgan fingerprint density at radius 2 is 1.77 bits per heavy atom. The summed E-state index contributed by atoms with van der Waals surface area (Å²) in [6, 6.07) is 12.7. The smallest absolute Gasteiger partial charge is 0.243 e. The molecule has 5 nitrogen and oxygen atoms in total. The van der Waals surface area contributed by atoms with E-state index in [2.05, 4.69) is 10.6 Å². The van der Waals surface area contributed by atoms with Gasteiger partial charge in [-0.2, -0.15) is 0 Å². The Morgan fingerprint density at radius 1 is 1.09 bits per heavy atom. The molecule has 0 unspecified atom stereocenters. The van der Waals surface area contributed by atoms with Crippen LogP contribution in [-0.4, -0.2) is 26.7 Å². The number of halogens is 1. The molecule has 0 atom stereocenters. The molecule has 0 saturated heterocycles. The molecule has 0 aromatic heterocycles. The summed E-state index contributed by atoms with van der Waals surface area (Å²) in [5, 5.41) is 6.18. The maximum atomic E-state index is 12.0. The van der Waals surface area contributed by atoms with Gasteiger partial charge in [0.25, 0.3) is 0 Å². The van der Waals surface area contributed by atoms with Crippen LogP contribution in [0, 0.1) is 0 Å². The number of hydrogen-bond acceptors (Lipinski definition) is 4. The van der Waals surface area contributed by atoms with E-state index in [1.54, 1.807) is 12.1 Å². The average molecular weight is 321 g/mol. The fraction of sp³-hybridized carbons (Fsp3) is 0.188. The normalized spacial score (nSPS) is 9.95. The third kappa shape index (κ3) is 4.05. The third-order valence-electron chi connectivity index (χ3n) is 2.97. The summed E-state index contributed by atoms with van der Waals surface area (Å²) in [5.74, 6) is 0.761. The zero-order valence-electron chi connectivity index (χ0n) is 12.4. The minimum Gasteiger partial charge on any atom is -0.495 e. The highest BCUT2D eigenvalue weighted by Gasteiger charge is 2.12. The predicted molar refractivity (Wildman–Crippen MR) is 88.1 cm³/mol. The second kappa shape index (κ2) is 7.56. The second-order valence-electron chi connectivity index (χ2n) is 4.45. The van der Waals surface area contributed by atoms with Crippen molar-refractivity contribution in [2.75, 3.05) is 31.4 Å². The molecular formula is C16H17ClN2O3. The van der Waals surface area contributed by atoms with E-state index in [9.17, 15) is 4.79 Å². The molecule has 2 N–H and O–H groups in total. The van der Waals surface area contributed by atoms with E-state index in [0.717, 1.165) is 5.69 Å². The van der Waals surface area contributed by atoms with E-state index in [-0.39, 0.29) is 12.5 Å². The number of nitrogens with one attached hydrogen (secondary N) is 2. The van der Waals surface area contributed by atoms with Crippen LogP contribution in [0.2, 0.25) is 5.02 Å². The molecule has 0 fully saturated rings. The first-order chi connectivity index (χ1) is 10.6. The van der Waals surface area contributed by atoms with Crippen LogP contribution in [0.3, 0.4) is 0 Å². The number of benzene rings is 2. The van der Waals surface area contributed by atoms with Gasteiger partial charge in [0.05, 0.1) is 31.5 Å². The monoisotopic (exact) mass is 320 g/mol. The molecule has 1 amide bonds. The maximum absolute atomic E-state index is 12.0. The van der Waals surface area contributed by atoms with Crippen LogP contribution in [0.4, 0.5) is 11.4 Å². The van der Waals surface area contributed by atoms with Crippen LogP contribution in [0.5, 0.6) is 11.5 Å². The van der Waals surface area contributed by atoms with Crippen molar-refractivity contribution in [2.24, 2.45) is 0 Å². The van der Waals surface area contributed by atoms with Crippen LogP contribution in [0.25, 0.3) is 0 Å². The van der Waals surface area contributed by atoms with Crippen LogP contribution >= 0.6 is 11.6 Å². The Balaban J connectivity index is 2.03. The number of anilines is 2. The fourth-order valence-corrected chi connectivity index (χ4v) is 2.13. The van der Waals surface area contributed by atoms with Gasteiger partial charge < -0.3 is 20.1 Å². The summed E-state index contributed by atoms with van der Waals surface area (Å²) in [6.45, 7) is 0.136. The van der Waals surface area contributed by atoms with Crippen molar-refractivity contribution in [1.82, 2.24) is 0 Å². The number of rotatable bonds is 6. The average Bonchev–Trinajstić information content (AvgIpc) is 2.54. The number of amides is 1. The predicted octanol–water partition coefficient (Wildman–Crippen LogP) is 3.41. The fourth-order valence-electron chi connectivity index (χ4n) is 1.89. The van der Waals surface area contributed by atoms with Gasteiger partial charge in [-0.25, -0.2) is 0 Å². The first-order valence-electron chi connectivity index (χ1n) is 6.64. The lowest BCUT2D eigenvalue weighted by atomic mass is 10.2. The Hall–Kier alpha value is -2.40. The van der Waals surface area contributed by atoms with E-state index in [4.69, 9.17) is 21.1 Å². The molecule has 6 heteroatoms. The van der Waals surface area contributed by atoms with E-state index in [1.807, 2.05) is 30.3 Å². The van der Waals surface area contributed by atoms with Crippen molar-refractivity contribution in [3.05, 3.63) is 47.5 Å². The molecule has 0 heterocycles. The van der Waals surface area contributed by atoms with Gasteiger partial charge in [0.1, 0.15) is 11.5 Å². The van der Waals surface area contributed by atoms with E-state index in [1.165, 1.54) is 14.2 Å². The Kier molecular flexibility index (Phi) is 5.49. The van der Waals surface area contributed by atoms with Crippen molar-refractivity contribution < 1.29 is 14.3 Å². The van der Waals surface area contributed by atoms with Gasteiger partial charge >= 0.3 is 0 Å². The number of carbonyl (C=O) groups is 1. The molecule has 2 aromatic rings. The summed E-state index contributed by atoms with van der Waals surface area (Å²) in [4.78, 5) is 12.0. The molecule has 22 heavy (non-hydrogen) atoms. The lowest BCUT2D eigenvalue weighted by molar-refractivity contribution is -0.114. The highest BCUT2D eigenvalue weighted by atomic mass is 35.5. The molecule has 0 saturated carbocycles. The van der Waals surface area contributed by atoms with Gasteiger partial charge in [0.2, 0.25) is 5.91 Å². The Morgan fingerprint density at radius 3 is 2.41 bits per heavy atom. The molecule has 116 valence electrons. The number of hydrogen-bond donors (Lipinski definition) is 2. The van der Waals surface area contributed by atoms with Crippen LogP contribution in [-0.2, 0) is 4.79 Å². The highest BCUT2D eigenvalue weighted by molar-refractivity contribution is 6.32. The van der Waals surface area contributed by atoms with Gasteiger partial charge in [-0.3, -0.25) is 4.79 Å². The second-order valence-corrected chi connectivity index (χ2v) is 4.86. The van der Waals surface area contributed by atoms with Gasteiger partial charge in [0.15, 0.2) is 0 Å². The lowest BCUT2D eigenvalue weighted by Gasteiger charge is -2.13. The van der Waals surface area contributed by atoms with Crippen LogP contribution in [0.15, 0.2) is 42.5 Å². The van der Waals surface area contributed by atoms with E-state index < -0.39 is 0 Å². The third-order valence-corrected chi connectivity index (χ3v) is 3.27. The molecule has 0 radical (unpaired) electrons. The number of para-hydroxylation sites is 1. The SMILES string of the molecule is COc1cc(OC)c(NC(=O)CNc2ccccc2)cc1Cl. The number of methoxy groups -OCH3 is 2. The van der Waals surface area contributed by atoms with Gasteiger partial charge in [-0.05, 0) is 18.2 Å². The summed E-state index contributed by atoms with van der Waals surface area (Å²) in [6.07, 6.45) is 0. The molecule has 0 aliphatic heterocycles. The maximum Gasteiger partial charge on any atom is 0.243 e. The molecule has 2 aromatic carbocycles. The molecular weight excluding hydrogens is 304 g/mol. The number of carbonyl (C=O) groups excluding carboxylic acids is 1. The first-order valence-corrected chi connectivity index (χ1v) is 7.02. The first kappa shape index (κ1) is 16.0. The largest absolute Gasteiger partial charge is 0.495 e. The Bertz CT molecular complexity index is 647. The zero-order valence-corrected chi connectivity index (χ0v) is 13.1. The van der Waals surface area contributed by atoms with Gasteiger partial charge in [-0.1, -0.05) is 29.8 Å². The van der Waals surface area contributed by atoms with Crippen LogP contribution in [0.1, 0.15) is 0 Å². The minimum atomic E-state index is -0.205. The summed E-state index contributed by atoms with van der Waals surface area (Å²) < 4.78 is 10.3.